The van der Waals surface area contributed by atoms with Crippen LogP contribution in [0, 0.1) is 59.2 Å². The molecular weight excluding hydrogens is 665 g/mol. The average Bonchev–Trinajstić information content (AvgIpc) is 2.97. The van der Waals surface area contributed by atoms with Crippen LogP contribution in [0.3, 0.4) is 0 Å². The highest BCUT2D eigenvalue weighted by Crippen LogP contribution is 2.21. The van der Waals surface area contributed by atoms with Gasteiger partial charge in [0.25, 0.3) is 0 Å². The molecule has 0 aromatic heterocycles. The van der Waals surface area contributed by atoms with E-state index in [1.165, 1.54) is 52.4 Å². The summed E-state index contributed by atoms with van der Waals surface area (Å²) in [6, 6.07) is 0. The molecule has 340 valence electrons. The molecule has 0 aliphatic rings. The fourth-order valence-corrected chi connectivity index (χ4v) is 1.15. The molecule has 0 rings (SSSR count). The molecule has 4 heteroatoms. The molecular formula is C49H116F4. The van der Waals surface area contributed by atoms with Crippen LogP contribution in [-0.2, 0) is 0 Å². The van der Waals surface area contributed by atoms with E-state index < -0.39 is 24.9 Å². The molecule has 1 unspecified atom stereocenters. The lowest BCUT2D eigenvalue weighted by atomic mass is 10.1. The number of hydrogen-bond donors (Lipinski definition) is 0. The molecule has 0 saturated carbocycles. The molecule has 0 amide bonds. The quantitative estimate of drug-likeness (QED) is 0.204. The van der Waals surface area contributed by atoms with Gasteiger partial charge in [0.15, 0.2) is 0 Å². The van der Waals surface area contributed by atoms with E-state index in [1.807, 2.05) is 27.7 Å². The third kappa shape index (κ3) is 271. The molecule has 1 atom stereocenters. The summed E-state index contributed by atoms with van der Waals surface area (Å²) in [6.07, 6.45) is 7.38. The van der Waals surface area contributed by atoms with Gasteiger partial charge in [-0.25, -0.2) is 13.2 Å². The van der Waals surface area contributed by atoms with Crippen molar-refractivity contribution < 1.29 is 21.7 Å². The highest BCUT2D eigenvalue weighted by Gasteiger charge is 2.25. The first kappa shape index (κ1) is 70.5. The van der Waals surface area contributed by atoms with E-state index in [4.69, 9.17) is 4.11 Å². The van der Waals surface area contributed by atoms with Gasteiger partial charge in [-0.1, -0.05) is 233 Å². The monoisotopic (exact) mass is 784 g/mol. The van der Waals surface area contributed by atoms with Gasteiger partial charge in [-0.2, -0.15) is 0 Å². The Kier molecular flexibility index (Phi) is 84.7. The Morgan fingerprint density at radius 1 is 0.472 bits per heavy atom. The normalized spacial score (nSPS) is 11.5. The Morgan fingerprint density at radius 3 is 0.623 bits per heavy atom. The molecule has 53 heavy (non-hydrogen) atoms. The van der Waals surface area contributed by atoms with Crippen LogP contribution in [0.4, 0.5) is 17.6 Å². The maximum atomic E-state index is 11.8. The number of alkyl halides is 4. The van der Waals surface area contributed by atoms with Gasteiger partial charge in [-0.15, -0.1) is 0 Å². The summed E-state index contributed by atoms with van der Waals surface area (Å²) < 4.78 is 66.8. The van der Waals surface area contributed by atoms with Crippen LogP contribution in [-0.4, -0.2) is 18.8 Å². The van der Waals surface area contributed by atoms with Gasteiger partial charge in [0.05, 0.1) is 12.8 Å². The zero-order valence-electron chi connectivity index (χ0n) is 44.8. The van der Waals surface area contributed by atoms with Crippen molar-refractivity contribution >= 4 is 0 Å². The van der Waals surface area contributed by atoms with Gasteiger partial charge in [0.2, 0.25) is 5.92 Å². The lowest BCUT2D eigenvalue weighted by Gasteiger charge is -2.12. The Morgan fingerprint density at radius 2 is 0.623 bits per heavy atom. The molecule has 0 N–H and O–H groups in total. The summed E-state index contributed by atoms with van der Waals surface area (Å²) in [5.74, 6) is 2.40. The van der Waals surface area contributed by atoms with E-state index in [0.717, 1.165) is 42.4 Å². The van der Waals surface area contributed by atoms with Gasteiger partial charge < -0.3 is 0 Å². The van der Waals surface area contributed by atoms with Crippen LogP contribution in [0.15, 0.2) is 0 Å². The fraction of sp³-hybridized carbons (Fsp3) is 1.00. The van der Waals surface area contributed by atoms with E-state index in [9.17, 15) is 17.6 Å². The van der Waals surface area contributed by atoms with Crippen LogP contribution < -0.4 is 0 Å². The molecule has 0 aromatic rings. The summed E-state index contributed by atoms with van der Waals surface area (Å²) in [4.78, 5) is 0. The minimum atomic E-state index is -2.50. The molecule has 0 spiro atoms. The van der Waals surface area contributed by atoms with Gasteiger partial charge in [-0.3, -0.25) is 4.39 Å². The second-order valence-electron chi connectivity index (χ2n) is 18.2. The highest BCUT2D eigenvalue weighted by molar-refractivity contribution is 4.61. The lowest BCUT2D eigenvalue weighted by Crippen LogP contribution is -2.17. The summed E-state index contributed by atoms with van der Waals surface area (Å²) in [6.45, 7) is 54.1. The molecule has 0 nitrogen and oxygen atoms in total. The maximum absolute atomic E-state index is 11.8. The van der Waals surface area contributed by atoms with Crippen LogP contribution in [0.1, 0.15) is 251 Å². The second kappa shape index (κ2) is 63.7. The molecule has 0 aliphatic carbocycles. The van der Waals surface area contributed by atoms with Crippen molar-refractivity contribution in [3.8, 4) is 0 Å². The second-order valence-corrected chi connectivity index (χ2v) is 18.2. The average molecular weight is 784 g/mol. The molecule has 0 aliphatic heterocycles. The molecule has 0 heterocycles. The fourth-order valence-electron chi connectivity index (χ4n) is 1.15. The van der Waals surface area contributed by atoms with Crippen LogP contribution >= 0.6 is 0 Å². The predicted molar refractivity (Wildman–Crippen MR) is 250 cm³/mol. The largest absolute Gasteiger partial charge is 0.251 e. The smallest absolute Gasteiger partial charge is 0.247 e. The summed E-state index contributed by atoms with van der Waals surface area (Å²) in [7, 11) is 0. The molecule has 0 radical (unpaired) electrons. The third-order valence-corrected chi connectivity index (χ3v) is 5.61. The molecule has 0 saturated heterocycles. The van der Waals surface area contributed by atoms with Crippen molar-refractivity contribution in [2.24, 2.45) is 59.2 Å². The Bertz CT molecular complexity index is 525. The first-order valence-corrected chi connectivity index (χ1v) is 21.4. The maximum Gasteiger partial charge on any atom is 0.247 e. The highest BCUT2D eigenvalue weighted by atomic mass is 19.3. The zero-order valence-corrected chi connectivity index (χ0v) is 41.8. The van der Waals surface area contributed by atoms with Gasteiger partial charge in [-0.05, 0) is 67.1 Å². The van der Waals surface area contributed by atoms with Crippen LogP contribution in [0.25, 0.3) is 0 Å². The Balaban J connectivity index is -0.0000000448. The molecule has 0 bridgehead atoms. The SMILES string of the molecule is C.CC(C)C.CC(C)C.CC(C)C(C)(F)F.CC(C)C(C)F.CC(C)CF.CCC(C)C.CCC(C)C.CCCC(C)C.CCCC(C)C.[2H]C([2H])([2H])C(C)C. The molecule has 0 fully saturated rings. The standard InChI is InChI=1S/2C6H14.C5H10F2.C5H11F.2C5H12.C4H9F.3C4H10.CH4/c2*1-4-5-6(2)3;1-4(2)5(3,6)7;1-4(2)5(3)6;2*1-4-5(2)3;1-4(2)3-5;3*1-4(2)3;/h2*6H,4-5H2,1-3H3;4H,1-3H3;4-5H,1-3H3;2*5H,4H2,1-3H3;4H,3H2,1-2H3;3*4H,1-3H3;1H4/i;;;;;;;1D3;;;. The summed E-state index contributed by atoms with van der Waals surface area (Å²) >= 11 is 0. The predicted octanol–water partition coefficient (Wildman–Crippen LogP) is 20.5. The van der Waals surface area contributed by atoms with E-state index in [-0.39, 0.29) is 31.9 Å². The third-order valence-electron chi connectivity index (χ3n) is 5.61. The van der Waals surface area contributed by atoms with E-state index >= 15 is 0 Å². The zero-order chi connectivity index (χ0) is 47.3. The Labute approximate surface area is 345 Å². The van der Waals surface area contributed by atoms with E-state index in [0.29, 0.717) is 0 Å². The minimum Gasteiger partial charge on any atom is -0.251 e. The molecule has 0 aromatic carbocycles. The summed E-state index contributed by atoms with van der Waals surface area (Å²) in [5, 5.41) is 0. The van der Waals surface area contributed by atoms with Crippen molar-refractivity contribution in [2.75, 3.05) is 6.67 Å². The topological polar surface area (TPSA) is 0 Å². The number of hydrogen-bond acceptors (Lipinski definition) is 0. The number of rotatable bonds is 9. The Hall–Kier alpha value is -0.280. The summed E-state index contributed by atoms with van der Waals surface area (Å²) in [5.41, 5.74) is 0. The van der Waals surface area contributed by atoms with Crippen molar-refractivity contribution in [1.29, 1.82) is 0 Å². The van der Waals surface area contributed by atoms with Crippen molar-refractivity contribution in [2.45, 2.75) is 259 Å². The van der Waals surface area contributed by atoms with E-state index in [2.05, 4.69) is 125 Å². The van der Waals surface area contributed by atoms with Gasteiger partial charge in [0.1, 0.15) is 0 Å². The minimum absolute atomic E-state index is 0. The van der Waals surface area contributed by atoms with Crippen molar-refractivity contribution in [1.82, 2.24) is 0 Å². The van der Waals surface area contributed by atoms with Crippen molar-refractivity contribution in [3.05, 3.63) is 0 Å². The van der Waals surface area contributed by atoms with Crippen molar-refractivity contribution in [3.63, 3.8) is 0 Å². The van der Waals surface area contributed by atoms with E-state index in [1.54, 1.807) is 20.8 Å². The first-order valence-electron chi connectivity index (χ1n) is 22.9. The first-order chi connectivity index (χ1) is 24.3. The van der Waals surface area contributed by atoms with Gasteiger partial charge >= 0.3 is 0 Å². The van der Waals surface area contributed by atoms with Crippen LogP contribution in [0.5, 0.6) is 0 Å². The van der Waals surface area contributed by atoms with Gasteiger partial charge in [0, 0.05) is 10.0 Å². The van der Waals surface area contributed by atoms with Crippen LogP contribution in [0.2, 0.25) is 0 Å². The number of halogens is 4. The lowest BCUT2D eigenvalue weighted by molar-refractivity contribution is -0.0251.